The van der Waals surface area contributed by atoms with E-state index in [-0.39, 0.29) is 13.0 Å². The Labute approximate surface area is 136 Å². The summed E-state index contributed by atoms with van der Waals surface area (Å²) in [5.74, 6) is -1.47. The van der Waals surface area contributed by atoms with Gasteiger partial charge in [0.05, 0.1) is 23.2 Å². The molecule has 8 heteroatoms. The highest BCUT2D eigenvalue weighted by atomic mass is 35.5. The molecule has 1 heterocycles. The monoisotopic (exact) mass is 339 g/mol. The predicted octanol–water partition coefficient (Wildman–Crippen LogP) is 3.26. The highest BCUT2D eigenvalue weighted by Crippen LogP contribution is 2.28. The highest BCUT2D eigenvalue weighted by molar-refractivity contribution is 7.22. The molecule has 0 radical (unpaired) electrons. The lowest BCUT2D eigenvalue weighted by Crippen LogP contribution is -2.20. The fourth-order valence-electron chi connectivity index (χ4n) is 1.65. The van der Waals surface area contributed by atoms with Crippen molar-refractivity contribution in [3.8, 4) is 0 Å². The van der Waals surface area contributed by atoms with Gasteiger partial charge in [-0.2, -0.15) is 5.10 Å². The number of aromatic nitrogens is 1. The normalized spacial score (nSPS) is 11.5. The number of hydrogen-bond donors (Lipinski definition) is 1. The van der Waals surface area contributed by atoms with Crippen molar-refractivity contribution in [1.82, 2.24) is 4.98 Å². The van der Waals surface area contributed by atoms with Crippen LogP contribution in [0.4, 0.5) is 5.13 Å². The average molecular weight is 340 g/mol. The number of anilines is 1. The van der Waals surface area contributed by atoms with Gasteiger partial charge in [0.25, 0.3) is 0 Å². The number of ketones is 1. The van der Waals surface area contributed by atoms with Crippen LogP contribution in [0.2, 0.25) is 5.02 Å². The minimum atomic E-state index is -0.841. The summed E-state index contributed by atoms with van der Waals surface area (Å²) in [5.41, 5.74) is 4.06. The molecule has 0 saturated carbocycles. The molecule has 1 aromatic heterocycles. The summed E-state index contributed by atoms with van der Waals surface area (Å²) < 4.78 is 5.57. The molecule has 0 aliphatic heterocycles. The number of Topliss-reactive ketones (excluding diaryl/α,β-unsaturated/α-hetero) is 1. The van der Waals surface area contributed by atoms with Gasteiger partial charge in [-0.3, -0.25) is 10.2 Å². The topological polar surface area (TPSA) is 80.7 Å². The molecule has 2 aromatic rings. The lowest BCUT2D eigenvalue weighted by atomic mass is 10.2. The molecule has 0 bridgehead atoms. The predicted molar refractivity (Wildman–Crippen MR) is 87.6 cm³/mol. The van der Waals surface area contributed by atoms with Crippen LogP contribution in [0, 0.1) is 0 Å². The first-order chi connectivity index (χ1) is 10.5. The maximum atomic E-state index is 11.5. The van der Waals surface area contributed by atoms with E-state index in [0.29, 0.717) is 15.9 Å². The van der Waals surface area contributed by atoms with Crippen molar-refractivity contribution in [2.24, 2.45) is 5.10 Å². The zero-order valence-corrected chi connectivity index (χ0v) is 13.6. The van der Waals surface area contributed by atoms with Gasteiger partial charge >= 0.3 is 5.97 Å². The summed E-state index contributed by atoms with van der Waals surface area (Å²) in [5, 5.41) is 5.27. The van der Waals surface area contributed by atoms with Gasteiger partial charge in [0.2, 0.25) is 10.9 Å². The van der Waals surface area contributed by atoms with Crippen molar-refractivity contribution >= 4 is 55.8 Å². The molecule has 0 aliphatic rings. The first kappa shape index (κ1) is 16.4. The van der Waals surface area contributed by atoms with Gasteiger partial charge < -0.3 is 4.74 Å². The Morgan fingerprint density at radius 3 is 2.95 bits per heavy atom. The van der Waals surface area contributed by atoms with E-state index >= 15 is 0 Å². The molecular formula is C14H14ClN3O3S. The number of fused-ring (bicyclic) bond motifs is 1. The summed E-state index contributed by atoms with van der Waals surface area (Å²) in [6.45, 7) is 3.47. The lowest BCUT2D eigenvalue weighted by Gasteiger charge is -2.01. The van der Waals surface area contributed by atoms with E-state index in [2.05, 4.69) is 20.2 Å². The van der Waals surface area contributed by atoms with Crippen molar-refractivity contribution in [3.05, 3.63) is 23.2 Å². The van der Waals surface area contributed by atoms with Crippen molar-refractivity contribution < 1.29 is 14.3 Å². The molecule has 0 fully saturated rings. The molecule has 0 spiro atoms. The number of ether oxygens (including phenoxy) is 1. The fourth-order valence-corrected chi connectivity index (χ4v) is 2.73. The molecule has 2 rings (SSSR count). The summed E-state index contributed by atoms with van der Waals surface area (Å²) in [7, 11) is 0. The number of nitrogens with zero attached hydrogens (tertiary/aromatic N) is 2. The van der Waals surface area contributed by atoms with Gasteiger partial charge in [0.15, 0.2) is 0 Å². The minimum Gasteiger partial charge on any atom is -0.460 e. The van der Waals surface area contributed by atoms with Gasteiger partial charge in [-0.05, 0) is 32.0 Å². The number of hydrogen-bond acceptors (Lipinski definition) is 7. The van der Waals surface area contributed by atoms with Crippen LogP contribution in [-0.2, 0) is 14.3 Å². The van der Waals surface area contributed by atoms with Crippen LogP contribution < -0.4 is 5.43 Å². The Morgan fingerprint density at radius 1 is 1.45 bits per heavy atom. The molecule has 0 amide bonds. The maximum Gasteiger partial charge on any atom is 0.374 e. The number of nitrogens with one attached hydrogen (secondary N) is 1. The van der Waals surface area contributed by atoms with E-state index < -0.39 is 11.8 Å². The number of esters is 1. The molecular weight excluding hydrogens is 326 g/mol. The van der Waals surface area contributed by atoms with E-state index in [1.54, 1.807) is 19.9 Å². The van der Waals surface area contributed by atoms with Crippen molar-refractivity contribution in [2.75, 3.05) is 12.0 Å². The third-order valence-electron chi connectivity index (χ3n) is 2.61. The first-order valence-electron chi connectivity index (χ1n) is 6.54. The van der Waals surface area contributed by atoms with Gasteiger partial charge in [-0.15, -0.1) is 0 Å². The average Bonchev–Trinajstić information content (AvgIpc) is 2.87. The zero-order chi connectivity index (χ0) is 16.1. The number of thiazole rings is 1. The van der Waals surface area contributed by atoms with Crippen LogP contribution in [0.1, 0.15) is 20.3 Å². The summed E-state index contributed by atoms with van der Waals surface area (Å²) in [4.78, 5) is 27.1. The Hall–Kier alpha value is -1.99. The molecule has 0 saturated heterocycles. The molecule has 1 aromatic carbocycles. The van der Waals surface area contributed by atoms with E-state index in [9.17, 15) is 9.59 Å². The second kappa shape index (κ2) is 7.33. The second-order valence-corrected chi connectivity index (χ2v) is 5.88. The van der Waals surface area contributed by atoms with E-state index in [1.807, 2.05) is 12.1 Å². The SMILES string of the molecule is CCOC(=O)C(=O)CC(C)=NNc1nc2ccc(Cl)cc2s1. The van der Waals surface area contributed by atoms with Gasteiger partial charge in [-0.1, -0.05) is 22.9 Å². The molecule has 22 heavy (non-hydrogen) atoms. The van der Waals surface area contributed by atoms with Crippen molar-refractivity contribution in [3.63, 3.8) is 0 Å². The van der Waals surface area contributed by atoms with Crippen LogP contribution in [-0.4, -0.2) is 29.1 Å². The standard InChI is InChI=1S/C14H14ClN3O3S/c1-3-21-13(20)11(19)6-8(2)17-18-14-16-10-5-4-9(15)7-12(10)22-14/h4-5,7H,3,6H2,1-2H3,(H,16,18). The lowest BCUT2D eigenvalue weighted by molar-refractivity contribution is -0.152. The van der Waals surface area contributed by atoms with Crippen molar-refractivity contribution in [1.29, 1.82) is 0 Å². The van der Waals surface area contributed by atoms with Crippen molar-refractivity contribution in [2.45, 2.75) is 20.3 Å². The molecule has 0 unspecified atom stereocenters. The number of halogens is 1. The summed E-state index contributed by atoms with van der Waals surface area (Å²) >= 11 is 7.31. The Kier molecular flexibility index (Phi) is 5.46. The third-order valence-corrected chi connectivity index (χ3v) is 3.77. The minimum absolute atomic E-state index is 0.0947. The smallest absolute Gasteiger partial charge is 0.374 e. The Balaban J connectivity index is 2.00. The fraction of sp³-hybridized carbons (Fsp3) is 0.286. The molecule has 0 atom stereocenters. The van der Waals surface area contributed by atoms with Crippen LogP contribution in [0.25, 0.3) is 10.2 Å². The number of carbonyl (C=O) groups is 2. The number of hydrazone groups is 1. The van der Waals surface area contributed by atoms with Gasteiger partial charge in [0, 0.05) is 10.7 Å². The number of rotatable bonds is 6. The Morgan fingerprint density at radius 2 is 2.23 bits per heavy atom. The molecule has 116 valence electrons. The first-order valence-corrected chi connectivity index (χ1v) is 7.74. The molecule has 1 N–H and O–H groups in total. The highest BCUT2D eigenvalue weighted by Gasteiger charge is 2.15. The largest absolute Gasteiger partial charge is 0.460 e. The van der Waals surface area contributed by atoms with Crippen LogP contribution in [0.5, 0.6) is 0 Å². The summed E-state index contributed by atoms with van der Waals surface area (Å²) in [6.07, 6.45) is -0.0947. The molecule has 6 nitrogen and oxygen atoms in total. The van der Waals surface area contributed by atoms with Crippen LogP contribution in [0.15, 0.2) is 23.3 Å². The Bertz CT molecular complexity index is 742. The van der Waals surface area contributed by atoms with E-state index in [0.717, 1.165) is 10.2 Å². The second-order valence-electron chi connectivity index (χ2n) is 4.41. The van der Waals surface area contributed by atoms with Gasteiger partial charge in [0.1, 0.15) is 0 Å². The van der Waals surface area contributed by atoms with E-state index in [1.165, 1.54) is 11.3 Å². The summed E-state index contributed by atoms with van der Waals surface area (Å²) in [6, 6.07) is 5.40. The van der Waals surface area contributed by atoms with Crippen LogP contribution >= 0.6 is 22.9 Å². The quantitative estimate of drug-likeness (QED) is 0.378. The zero-order valence-electron chi connectivity index (χ0n) is 12.1. The maximum absolute atomic E-state index is 11.5. The number of carbonyl (C=O) groups excluding carboxylic acids is 2. The van der Waals surface area contributed by atoms with E-state index in [4.69, 9.17) is 11.6 Å². The molecule has 0 aliphatic carbocycles. The van der Waals surface area contributed by atoms with Crippen LogP contribution in [0.3, 0.4) is 0 Å². The number of benzene rings is 1. The third kappa shape index (κ3) is 4.25. The van der Waals surface area contributed by atoms with Gasteiger partial charge in [-0.25, -0.2) is 9.78 Å².